The van der Waals surface area contributed by atoms with Crippen LogP contribution in [0.2, 0.25) is 0 Å². The summed E-state index contributed by atoms with van der Waals surface area (Å²) in [6, 6.07) is 1.30. The van der Waals surface area contributed by atoms with Gasteiger partial charge in [-0.2, -0.15) is 4.98 Å². The number of aliphatic hydroxyl groups is 2. The van der Waals surface area contributed by atoms with Crippen LogP contribution in [0.1, 0.15) is 12.7 Å². The van der Waals surface area contributed by atoms with E-state index in [9.17, 15) is 28.9 Å². The lowest BCUT2D eigenvalue weighted by molar-refractivity contribution is -0.136. The molecule has 0 amide bonds. The van der Waals surface area contributed by atoms with Crippen molar-refractivity contribution in [1.29, 1.82) is 0 Å². The first kappa shape index (κ1) is 33.6. The molecule has 3 aromatic heterocycles. The Balaban J connectivity index is 0.000000231. The van der Waals surface area contributed by atoms with Gasteiger partial charge in [0.15, 0.2) is 16.9 Å². The molecule has 0 spiro atoms. The molecule has 0 bridgehead atoms. The van der Waals surface area contributed by atoms with E-state index in [2.05, 4.69) is 29.0 Å². The minimum absolute atomic E-state index is 0.0209. The number of aromatic amines is 1. The fourth-order valence-corrected chi connectivity index (χ4v) is 4.41. The number of nitrogens with one attached hydrogen (secondary N) is 1. The zero-order valence-corrected chi connectivity index (χ0v) is 23.7. The van der Waals surface area contributed by atoms with Crippen LogP contribution in [-0.2, 0) is 40.1 Å². The summed E-state index contributed by atoms with van der Waals surface area (Å²) in [5.41, 5.74) is 3.10. The minimum Gasteiger partial charge on any atom is -0.387 e. The van der Waals surface area contributed by atoms with Gasteiger partial charge in [-0.1, -0.05) is 0 Å². The number of hydrogen-bond donors (Lipinski definition) is 8. The van der Waals surface area contributed by atoms with Crippen LogP contribution in [0.5, 0.6) is 0 Å². The van der Waals surface area contributed by atoms with E-state index in [1.165, 1.54) is 30.1 Å². The monoisotopic (exact) mass is 641 g/mol. The maximum absolute atomic E-state index is 11.9. The van der Waals surface area contributed by atoms with Gasteiger partial charge < -0.3 is 50.0 Å². The number of aliphatic hydroxyl groups excluding tert-OH is 2. The molecule has 4 heterocycles. The lowest BCUT2D eigenvalue weighted by Crippen LogP contribution is -2.48. The molecule has 1 saturated heterocycles. The highest BCUT2D eigenvalue weighted by Crippen LogP contribution is 2.40. The number of imidazole rings is 1. The Morgan fingerprint density at radius 2 is 1.79 bits per heavy atom. The Morgan fingerprint density at radius 3 is 2.40 bits per heavy atom. The summed E-state index contributed by atoms with van der Waals surface area (Å²) in [7, 11) is -9.24. The molecule has 0 radical (unpaired) electrons. The SMILES string of the molecule is C[C@@]1(n2ccc(N)nc2=O)O[C@H](COP(=O)(O)O)C(O)[C@@H]1O.Cc1nc2c(ncn2COCCOP(=O)(O)O)c(=O)[nH]1. The van der Waals surface area contributed by atoms with Crippen LogP contribution in [-0.4, -0.2) is 97.0 Å². The first-order chi connectivity index (χ1) is 19.4. The average molecular weight is 641 g/mol. The maximum Gasteiger partial charge on any atom is 0.469 e. The zero-order chi connectivity index (χ0) is 31.5. The largest absolute Gasteiger partial charge is 0.469 e. The number of phosphoric acid groups is 2. The summed E-state index contributed by atoms with van der Waals surface area (Å²) in [5.74, 6) is 0.424. The number of rotatable bonds is 10. The molecule has 23 heteroatoms. The number of anilines is 1. The Bertz CT molecular complexity index is 1600. The highest BCUT2D eigenvalue weighted by molar-refractivity contribution is 7.46. The molecular weight excluding hydrogens is 612 g/mol. The molecule has 4 rings (SSSR count). The molecule has 1 aliphatic rings. The number of H-pyrrole nitrogens is 1. The molecule has 0 aliphatic carbocycles. The predicted molar refractivity (Wildman–Crippen MR) is 138 cm³/mol. The normalized spacial score (nSPS) is 22.7. The van der Waals surface area contributed by atoms with E-state index < -0.39 is 52.0 Å². The van der Waals surface area contributed by atoms with Crippen molar-refractivity contribution in [1.82, 2.24) is 29.1 Å². The van der Waals surface area contributed by atoms with Gasteiger partial charge in [-0.3, -0.25) is 23.0 Å². The molecule has 1 aliphatic heterocycles. The van der Waals surface area contributed by atoms with E-state index in [1.807, 2.05) is 0 Å². The van der Waals surface area contributed by atoms with Crippen LogP contribution in [0, 0.1) is 6.92 Å². The summed E-state index contributed by atoms with van der Waals surface area (Å²) in [6.07, 6.45) is -1.71. The van der Waals surface area contributed by atoms with Crippen molar-refractivity contribution in [2.24, 2.45) is 0 Å². The minimum atomic E-state index is -4.76. The van der Waals surface area contributed by atoms with Gasteiger partial charge in [-0.25, -0.2) is 23.9 Å². The van der Waals surface area contributed by atoms with Crippen molar-refractivity contribution in [3.8, 4) is 0 Å². The van der Waals surface area contributed by atoms with Crippen LogP contribution in [0.4, 0.5) is 5.82 Å². The lowest BCUT2D eigenvalue weighted by atomic mass is 10.0. The summed E-state index contributed by atoms with van der Waals surface area (Å²) < 4.78 is 42.6. The summed E-state index contributed by atoms with van der Waals surface area (Å²) in [6.45, 7) is 2.06. The number of aromatic nitrogens is 6. The van der Waals surface area contributed by atoms with E-state index in [0.29, 0.717) is 11.5 Å². The van der Waals surface area contributed by atoms with Crippen LogP contribution in [0.3, 0.4) is 0 Å². The fraction of sp³-hybridized carbons (Fsp3) is 0.526. The van der Waals surface area contributed by atoms with Crippen LogP contribution < -0.4 is 17.0 Å². The van der Waals surface area contributed by atoms with Crippen molar-refractivity contribution >= 4 is 32.6 Å². The smallest absolute Gasteiger partial charge is 0.387 e. The molecule has 1 unspecified atom stereocenters. The number of nitrogens with zero attached hydrogens (tertiary/aromatic N) is 5. The lowest BCUT2D eigenvalue weighted by Gasteiger charge is -2.29. The summed E-state index contributed by atoms with van der Waals surface area (Å²) >= 11 is 0. The van der Waals surface area contributed by atoms with Gasteiger partial charge in [0.1, 0.15) is 36.7 Å². The maximum atomic E-state index is 11.9. The third-order valence-electron chi connectivity index (χ3n) is 5.66. The first-order valence-corrected chi connectivity index (χ1v) is 14.8. The zero-order valence-electron chi connectivity index (χ0n) is 21.9. The van der Waals surface area contributed by atoms with Crippen molar-refractivity contribution < 1.29 is 57.4 Å². The number of fused-ring (bicyclic) bond motifs is 1. The molecule has 4 atom stereocenters. The molecule has 234 valence electrons. The van der Waals surface area contributed by atoms with E-state index in [1.54, 1.807) is 6.92 Å². The van der Waals surface area contributed by atoms with Crippen molar-refractivity contribution in [3.05, 3.63) is 45.3 Å². The standard InChI is InChI=1S/C10H16N3O8P.C9H13N4O6P/c1-10(13-3-2-6(11)12-9(13)16)8(15)7(14)5(21-10)4-20-22(17,18)19;1-6-11-8-7(9(14)12-6)10-4-13(8)5-18-2-3-19-20(15,16)17/h2-3,5,7-8,14-15H,4H2,1H3,(H2,11,12,16)(H2,17,18,19);4H,2-3,5H2,1H3,(H,11,12,14)(H2,15,16,17)/t5-,7?,8+,10-;/m1./s1. The highest BCUT2D eigenvalue weighted by Gasteiger charge is 2.53. The Morgan fingerprint density at radius 1 is 1.12 bits per heavy atom. The van der Waals surface area contributed by atoms with Crippen LogP contribution >= 0.6 is 15.6 Å². The van der Waals surface area contributed by atoms with Crippen molar-refractivity contribution in [2.45, 2.75) is 44.6 Å². The first-order valence-electron chi connectivity index (χ1n) is 11.7. The predicted octanol–water partition coefficient (Wildman–Crippen LogP) is -2.76. The average Bonchev–Trinajstić information content (AvgIpc) is 3.36. The van der Waals surface area contributed by atoms with Gasteiger partial charge in [-0.15, -0.1) is 0 Å². The Hall–Kier alpha value is -2.91. The Kier molecular flexibility index (Phi) is 10.5. The van der Waals surface area contributed by atoms with Gasteiger partial charge >= 0.3 is 21.3 Å². The second-order valence-corrected chi connectivity index (χ2v) is 11.3. The molecule has 3 aromatic rings. The summed E-state index contributed by atoms with van der Waals surface area (Å²) in [5, 5.41) is 20.0. The second-order valence-electron chi connectivity index (χ2n) is 8.84. The van der Waals surface area contributed by atoms with Gasteiger partial charge in [0.2, 0.25) is 0 Å². The third kappa shape index (κ3) is 8.57. The van der Waals surface area contributed by atoms with E-state index >= 15 is 0 Å². The number of aryl methyl sites for hydroxylation is 1. The molecular formula is C19H29N7O14P2. The van der Waals surface area contributed by atoms with Gasteiger partial charge in [0.25, 0.3) is 5.56 Å². The quantitative estimate of drug-likeness (QED) is 0.0820. The number of nitrogen functional groups attached to an aromatic ring is 1. The topological polar surface area (TPSA) is 317 Å². The van der Waals surface area contributed by atoms with E-state index in [0.717, 1.165) is 4.57 Å². The van der Waals surface area contributed by atoms with Crippen LogP contribution in [0.25, 0.3) is 11.2 Å². The molecule has 42 heavy (non-hydrogen) atoms. The van der Waals surface area contributed by atoms with Gasteiger partial charge in [0, 0.05) is 6.20 Å². The molecule has 21 nitrogen and oxygen atoms in total. The van der Waals surface area contributed by atoms with E-state index in [4.69, 9.17) is 34.8 Å². The van der Waals surface area contributed by atoms with Crippen molar-refractivity contribution in [3.63, 3.8) is 0 Å². The molecule has 0 aromatic carbocycles. The summed E-state index contributed by atoms with van der Waals surface area (Å²) in [4.78, 5) is 71.8. The third-order valence-corrected chi connectivity index (χ3v) is 6.67. The number of ether oxygens (including phenoxy) is 2. The molecule has 0 saturated carbocycles. The number of nitrogens with two attached hydrogens (primary N) is 1. The molecule has 9 N–H and O–H groups in total. The number of phosphoric ester groups is 2. The molecule has 1 fully saturated rings. The fourth-order valence-electron chi connectivity index (χ4n) is 3.76. The van der Waals surface area contributed by atoms with Gasteiger partial charge in [-0.05, 0) is 19.9 Å². The van der Waals surface area contributed by atoms with Crippen molar-refractivity contribution in [2.75, 3.05) is 25.6 Å². The highest BCUT2D eigenvalue weighted by atomic mass is 31.2. The Labute approximate surface area is 235 Å². The van der Waals surface area contributed by atoms with Crippen LogP contribution in [0.15, 0.2) is 28.2 Å². The van der Waals surface area contributed by atoms with E-state index in [-0.39, 0.29) is 36.8 Å². The number of hydrogen-bond acceptors (Lipinski definition) is 14. The van der Waals surface area contributed by atoms with Gasteiger partial charge in [0.05, 0.1) is 26.1 Å². The second kappa shape index (κ2) is 13.2.